The number of nitrogens with zero attached hydrogens (tertiary/aromatic N) is 1. The summed E-state index contributed by atoms with van der Waals surface area (Å²) in [5, 5.41) is 4.03. The van der Waals surface area contributed by atoms with Gasteiger partial charge in [-0.1, -0.05) is 49.4 Å². The first kappa shape index (κ1) is 15.8. The molecule has 1 unspecified atom stereocenters. The molecule has 0 aliphatic heterocycles. The highest BCUT2D eigenvalue weighted by atomic mass is 16.5. The quantitative estimate of drug-likeness (QED) is 0.657. The van der Waals surface area contributed by atoms with Gasteiger partial charge in [-0.3, -0.25) is 4.79 Å². The minimum Gasteiger partial charge on any atom is -0.497 e. The zero-order valence-corrected chi connectivity index (χ0v) is 12.8. The fraction of sp³-hybridized carbons (Fsp3) is 0.222. The van der Waals surface area contributed by atoms with E-state index in [1.165, 1.54) is 0 Å². The lowest BCUT2D eigenvalue weighted by Crippen LogP contribution is -2.20. The number of carbonyl (C=O) groups is 1. The summed E-state index contributed by atoms with van der Waals surface area (Å²) in [5.74, 6) is 0.794. The summed E-state index contributed by atoms with van der Waals surface area (Å²) in [6.07, 6.45) is 2.03. The second kappa shape index (κ2) is 7.98. The summed E-state index contributed by atoms with van der Waals surface area (Å²) in [5.41, 5.74) is 4.64. The molecule has 1 N–H and O–H groups in total. The Hall–Kier alpha value is -2.62. The summed E-state index contributed by atoms with van der Waals surface area (Å²) in [6.45, 7) is 2.04. The number of nitrogens with one attached hydrogen (secondary N) is 1. The molecule has 0 aliphatic rings. The summed E-state index contributed by atoms with van der Waals surface area (Å²) >= 11 is 0. The number of ether oxygens (including phenoxy) is 1. The number of carbonyl (C=O) groups excluding carboxylic acids is 1. The van der Waals surface area contributed by atoms with E-state index >= 15 is 0 Å². The molecule has 0 fully saturated rings. The summed E-state index contributed by atoms with van der Waals surface area (Å²) in [4.78, 5) is 11.8. The molecule has 1 atom stereocenters. The van der Waals surface area contributed by atoms with Crippen molar-refractivity contribution in [2.24, 2.45) is 5.10 Å². The summed E-state index contributed by atoms with van der Waals surface area (Å²) < 4.78 is 5.08. The van der Waals surface area contributed by atoms with Crippen molar-refractivity contribution in [3.8, 4) is 5.75 Å². The van der Waals surface area contributed by atoms with Gasteiger partial charge in [-0.05, 0) is 23.3 Å². The van der Waals surface area contributed by atoms with Crippen molar-refractivity contribution in [3.63, 3.8) is 0 Å². The Bertz CT molecular complexity index is 621. The molecule has 4 nitrogen and oxygen atoms in total. The fourth-order valence-electron chi connectivity index (χ4n) is 2.03. The van der Waals surface area contributed by atoms with E-state index in [9.17, 15) is 4.79 Å². The average Bonchev–Trinajstić information content (AvgIpc) is 2.56. The molecule has 114 valence electrons. The molecule has 0 bridgehead atoms. The highest BCUT2D eigenvalue weighted by molar-refractivity contribution is 5.79. The number of hydrogen-bond acceptors (Lipinski definition) is 3. The van der Waals surface area contributed by atoms with Crippen LogP contribution in [0.4, 0.5) is 0 Å². The van der Waals surface area contributed by atoms with E-state index in [1.54, 1.807) is 13.3 Å². The standard InChI is InChI=1S/C18H20N2O2/c1-14(16-6-4-3-5-7-16)13-19-20-18(21)12-15-8-10-17(22-2)11-9-15/h3-11,13-14H,12H2,1-2H3,(H,20,21)/b19-13+. The molecule has 0 aliphatic carbocycles. The molecule has 4 heteroatoms. The smallest absolute Gasteiger partial charge is 0.244 e. The lowest BCUT2D eigenvalue weighted by Gasteiger charge is -2.06. The third-order valence-electron chi connectivity index (χ3n) is 3.34. The summed E-state index contributed by atoms with van der Waals surface area (Å²) in [6, 6.07) is 17.4. The SMILES string of the molecule is COc1ccc(CC(=O)N/N=C/C(C)c2ccccc2)cc1. The Morgan fingerprint density at radius 1 is 1.18 bits per heavy atom. The molecule has 0 saturated heterocycles. The van der Waals surface area contributed by atoms with Crippen molar-refractivity contribution in [2.75, 3.05) is 7.11 Å². The Morgan fingerprint density at radius 3 is 2.50 bits per heavy atom. The first-order valence-electron chi connectivity index (χ1n) is 7.19. The lowest BCUT2D eigenvalue weighted by molar-refractivity contribution is -0.120. The van der Waals surface area contributed by atoms with E-state index in [0.29, 0.717) is 6.42 Å². The van der Waals surface area contributed by atoms with Crippen molar-refractivity contribution in [3.05, 3.63) is 65.7 Å². The van der Waals surface area contributed by atoms with E-state index in [0.717, 1.165) is 16.9 Å². The zero-order chi connectivity index (χ0) is 15.8. The maximum atomic E-state index is 11.8. The van der Waals surface area contributed by atoms with Gasteiger partial charge >= 0.3 is 0 Å². The number of rotatable bonds is 6. The van der Waals surface area contributed by atoms with E-state index in [1.807, 2.05) is 61.5 Å². The van der Waals surface area contributed by atoms with E-state index < -0.39 is 0 Å². The van der Waals surface area contributed by atoms with Gasteiger partial charge in [-0.15, -0.1) is 0 Å². The number of methoxy groups -OCH3 is 1. The second-order valence-corrected chi connectivity index (χ2v) is 5.04. The minimum absolute atomic E-state index is 0.137. The van der Waals surface area contributed by atoms with Crippen molar-refractivity contribution >= 4 is 12.1 Å². The molecule has 0 spiro atoms. The fourth-order valence-corrected chi connectivity index (χ4v) is 2.03. The van der Waals surface area contributed by atoms with Gasteiger partial charge in [0.15, 0.2) is 0 Å². The molecular weight excluding hydrogens is 276 g/mol. The molecule has 0 radical (unpaired) electrons. The molecule has 2 aromatic carbocycles. The number of hydrazone groups is 1. The minimum atomic E-state index is -0.137. The van der Waals surface area contributed by atoms with Gasteiger partial charge in [0.25, 0.3) is 0 Å². The van der Waals surface area contributed by atoms with Crippen molar-refractivity contribution in [2.45, 2.75) is 19.3 Å². The highest BCUT2D eigenvalue weighted by Crippen LogP contribution is 2.12. The number of amides is 1. The second-order valence-electron chi connectivity index (χ2n) is 5.04. The van der Waals surface area contributed by atoms with Crippen molar-refractivity contribution < 1.29 is 9.53 Å². The third-order valence-corrected chi connectivity index (χ3v) is 3.34. The van der Waals surface area contributed by atoms with Crippen LogP contribution in [0.5, 0.6) is 5.75 Å². The van der Waals surface area contributed by atoms with Gasteiger partial charge in [-0.2, -0.15) is 5.10 Å². The van der Waals surface area contributed by atoms with Gasteiger partial charge in [0.1, 0.15) is 5.75 Å². The van der Waals surface area contributed by atoms with Crippen LogP contribution in [-0.4, -0.2) is 19.2 Å². The van der Waals surface area contributed by atoms with E-state index in [4.69, 9.17) is 4.74 Å². The van der Waals surface area contributed by atoms with Gasteiger partial charge in [-0.25, -0.2) is 5.43 Å². The van der Waals surface area contributed by atoms with Crippen LogP contribution in [0.3, 0.4) is 0 Å². The van der Waals surface area contributed by atoms with Crippen LogP contribution in [-0.2, 0) is 11.2 Å². The molecule has 1 amide bonds. The maximum absolute atomic E-state index is 11.8. The molecule has 2 aromatic rings. The normalized spacial score (nSPS) is 12.1. The average molecular weight is 296 g/mol. The van der Waals surface area contributed by atoms with Gasteiger partial charge in [0, 0.05) is 12.1 Å². The zero-order valence-electron chi connectivity index (χ0n) is 12.8. The molecule has 22 heavy (non-hydrogen) atoms. The van der Waals surface area contributed by atoms with Crippen LogP contribution in [0.1, 0.15) is 24.0 Å². The number of hydrogen-bond donors (Lipinski definition) is 1. The number of benzene rings is 2. The molecule has 0 aromatic heterocycles. The Morgan fingerprint density at radius 2 is 1.86 bits per heavy atom. The Labute approximate surface area is 130 Å². The first-order valence-corrected chi connectivity index (χ1v) is 7.19. The molecule has 2 rings (SSSR count). The third kappa shape index (κ3) is 4.74. The highest BCUT2D eigenvalue weighted by Gasteiger charge is 2.04. The first-order chi connectivity index (χ1) is 10.7. The van der Waals surface area contributed by atoms with Crippen LogP contribution < -0.4 is 10.2 Å². The Balaban J connectivity index is 1.83. The Kier molecular flexibility index (Phi) is 5.72. The largest absolute Gasteiger partial charge is 0.497 e. The van der Waals surface area contributed by atoms with Crippen LogP contribution >= 0.6 is 0 Å². The van der Waals surface area contributed by atoms with Gasteiger partial charge in [0.2, 0.25) is 5.91 Å². The van der Waals surface area contributed by atoms with Gasteiger partial charge in [0.05, 0.1) is 13.5 Å². The molecular formula is C18H20N2O2. The van der Waals surface area contributed by atoms with E-state index in [2.05, 4.69) is 10.5 Å². The van der Waals surface area contributed by atoms with Crippen LogP contribution in [0.15, 0.2) is 59.7 Å². The van der Waals surface area contributed by atoms with Crippen molar-refractivity contribution in [1.29, 1.82) is 0 Å². The topological polar surface area (TPSA) is 50.7 Å². The predicted octanol–water partition coefficient (Wildman–Crippen LogP) is 3.14. The lowest BCUT2D eigenvalue weighted by atomic mass is 10.0. The van der Waals surface area contributed by atoms with Crippen molar-refractivity contribution in [1.82, 2.24) is 5.43 Å². The van der Waals surface area contributed by atoms with Crippen LogP contribution in [0.25, 0.3) is 0 Å². The molecule has 0 heterocycles. The maximum Gasteiger partial charge on any atom is 0.244 e. The van der Waals surface area contributed by atoms with Crippen LogP contribution in [0.2, 0.25) is 0 Å². The summed E-state index contributed by atoms with van der Waals surface area (Å²) in [7, 11) is 1.62. The van der Waals surface area contributed by atoms with E-state index in [-0.39, 0.29) is 11.8 Å². The predicted molar refractivity (Wildman–Crippen MR) is 88.2 cm³/mol. The van der Waals surface area contributed by atoms with Crippen LogP contribution in [0, 0.1) is 0 Å². The van der Waals surface area contributed by atoms with Gasteiger partial charge < -0.3 is 4.74 Å². The molecule has 0 saturated carbocycles. The monoisotopic (exact) mass is 296 g/mol.